The number of benzene rings is 1. The summed E-state index contributed by atoms with van der Waals surface area (Å²) in [4.78, 5) is 10.6. The summed E-state index contributed by atoms with van der Waals surface area (Å²) in [5, 5.41) is 9.40. The third-order valence-electron chi connectivity index (χ3n) is 2.41. The molecule has 2 atom stereocenters. The molecule has 0 aromatic heterocycles. The van der Waals surface area contributed by atoms with Gasteiger partial charge < -0.3 is 5.11 Å². The number of hydrogen-bond donors (Lipinski definition) is 1. The van der Waals surface area contributed by atoms with Gasteiger partial charge in [0, 0.05) is 5.02 Å². The molecule has 0 amide bonds. The number of carboxylic acid groups (broad SMARTS) is 1. The van der Waals surface area contributed by atoms with E-state index in [4.69, 9.17) is 16.7 Å². The first-order chi connectivity index (χ1) is 6.18. The molecular formula is C10H9ClO2. The third kappa shape index (κ3) is 1.68. The summed E-state index contributed by atoms with van der Waals surface area (Å²) >= 11 is 5.72. The van der Waals surface area contributed by atoms with Crippen LogP contribution in [0.4, 0.5) is 0 Å². The Balaban J connectivity index is 2.12. The molecule has 2 unspecified atom stereocenters. The zero-order chi connectivity index (χ0) is 9.42. The average Bonchev–Trinajstić information content (AvgIpc) is 2.85. The molecule has 1 aliphatic carbocycles. The molecule has 1 N–H and O–H groups in total. The Hall–Kier alpha value is -1.02. The normalized spacial score (nSPS) is 25.6. The highest BCUT2D eigenvalue weighted by molar-refractivity contribution is 6.30. The van der Waals surface area contributed by atoms with Crippen molar-refractivity contribution in [2.45, 2.75) is 12.3 Å². The van der Waals surface area contributed by atoms with Crippen molar-refractivity contribution in [2.24, 2.45) is 5.92 Å². The van der Waals surface area contributed by atoms with E-state index in [1.807, 2.05) is 12.1 Å². The van der Waals surface area contributed by atoms with Gasteiger partial charge >= 0.3 is 5.97 Å². The van der Waals surface area contributed by atoms with E-state index in [-0.39, 0.29) is 11.8 Å². The Bertz CT molecular complexity index is 331. The van der Waals surface area contributed by atoms with Crippen molar-refractivity contribution < 1.29 is 9.90 Å². The first-order valence-electron chi connectivity index (χ1n) is 4.17. The predicted molar refractivity (Wildman–Crippen MR) is 49.9 cm³/mol. The van der Waals surface area contributed by atoms with Gasteiger partial charge in [0.2, 0.25) is 0 Å². The molecule has 1 fully saturated rings. The quantitative estimate of drug-likeness (QED) is 0.789. The van der Waals surface area contributed by atoms with Crippen LogP contribution in [0.25, 0.3) is 0 Å². The monoisotopic (exact) mass is 196 g/mol. The SMILES string of the molecule is O=C(O)C1CC1c1ccc(Cl)cc1. The Labute approximate surface area is 81.1 Å². The molecule has 2 rings (SSSR count). The molecule has 1 saturated carbocycles. The second-order valence-electron chi connectivity index (χ2n) is 3.34. The zero-order valence-corrected chi connectivity index (χ0v) is 7.66. The van der Waals surface area contributed by atoms with Gasteiger partial charge in [0.05, 0.1) is 5.92 Å². The van der Waals surface area contributed by atoms with Crippen LogP contribution in [-0.2, 0) is 4.79 Å². The molecule has 1 aliphatic rings. The van der Waals surface area contributed by atoms with Crippen LogP contribution < -0.4 is 0 Å². The smallest absolute Gasteiger partial charge is 0.307 e. The van der Waals surface area contributed by atoms with Crippen LogP contribution in [0.15, 0.2) is 24.3 Å². The standard InChI is InChI=1S/C10H9ClO2/c11-7-3-1-6(2-4-7)8-5-9(8)10(12)13/h1-4,8-9H,5H2,(H,12,13). The van der Waals surface area contributed by atoms with E-state index in [1.165, 1.54) is 0 Å². The fourth-order valence-electron chi connectivity index (χ4n) is 1.55. The van der Waals surface area contributed by atoms with Crippen molar-refractivity contribution in [3.8, 4) is 0 Å². The highest BCUT2D eigenvalue weighted by Crippen LogP contribution is 2.47. The maximum Gasteiger partial charge on any atom is 0.307 e. The molecule has 68 valence electrons. The van der Waals surface area contributed by atoms with Crippen molar-refractivity contribution in [1.29, 1.82) is 0 Å². The van der Waals surface area contributed by atoms with Gasteiger partial charge in [-0.25, -0.2) is 0 Å². The summed E-state index contributed by atoms with van der Waals surface area (Å²) in [5.41, 5.74) is 1.08. The zero-order valence-electron chi connectivity index (χ0n) is 6.90. The maximum absolute atomic E-state index is 10.6. The molecular weight excluding hydrogens is 188 g/mol. The largest absolute Gasteiger partial charge is 0.481 e. The van der Waals surface area contributed by atoms with Gasteiger partial charge in [-0.05, 0) is 30.0 Å². The Morgan fingerprint density at radius 1 is 1.38 bits per heavy atom. The van der Waals surface area contributed by atoms with Gasteiger partial charge in [0.25, 0.3) is 0 Å². The molecule has 0 aliphatic heterocycles. The predicted octanol–water partition coefficient (Wildman–Crippen LogP) is 2.53. The summed E-state index contributed by atoms with van der Waals surface area (Å²) in [7, 11) is 0. The highest BCUT2D eigenvalue weighted by Gasteiger charge is 2.43. The van der Waals surface area contributed by atoms with E-state index in [0.29, 0.717) is 5.02 Å². The lowest BCUT2D eigenvalue weighted by Crippen LogP contribution is -1.98. The number of halogens is 1. The lowest BCUT2D eigenvalue weighted by atomic mass is 10.1. The summed E-state index contributed by atoms with van der Waals surface area (Å²) in [6, 6.07) is 7.40. The average molecular weight is 197 g/mol. The molecule has 0 radical (unpaired) electrons. The van der Waals surface area contributed by atoms with Crippen LogP contribution in [-0.4, -0.2) is 11.1 Å². The van der Waals surface area contributed by atoms with Gasteiger partial charge in [-0.2, -0.15) is 0 Å². The van der Waals surface area contributed by atoms with E-state index in [1.54, 1.807) is 12.1 Å². The van der Waals surface area contributed by atoms with E-state index in [2.05, 4.69) is 0 Å². The lowest BCUT2D eigenvalue weighted by molar-refractivity contribution is -0.138. The second kappa shape index (κ2) is 3.04. The number of hydrogen-bond acceptors (Lipinski definition) is 1. The molecule has 0 saturated heterocycles. The van der Waals surface area contributed by atoms with Crippen molar-refractivity contribution in [2.75, 3.05) is 0 Å². The van der Waals surface area contributed by atoms with E-state index < -0.39 is 5.97 Å². The van der Waals surface area contributed by atoms with Crippen LogP contribution in [0.2, 0.25) is 5.02 Å². The first-order valence-corrected chi connectivity index (χ1v) is 4.54. The fraction of sp³-hybridized carbons (Fsp3) is 0.300. The van der Waals surface area contributed by atoms with Gasteiger partial charge in [0.1, 0.15) is 0 Å². The van der Waals surface area contributed by atoms with Gasteiger partial charge in [-0.1, -0.05) is 23.7 Å². The van der Waals surface area contributed by atoms with E-state index in [9.17, 15) is 4.79 Å². The number of carbonyl (C=O) groups is 1. The van der Waals surface area contributed by atoms with Crippen LogP contribution in [0, 0.1) is 5.92 Å². The summed E-state index contributed by atoms with van der Waals surface area (Å²) in [6.07, 6.45) is 0.761. The minimum absolute atomic E-state index is 0.179. The Morgan fingerprint density at radius 2 is 2.00 bits per heavy atom. The number of aliphatic carboxylic acids is 1. The third-order valence-corrected chi connectivity index (χ3v) is 2.66. The maximum atomic E-state index is 10.6. The molecule has 0 bridgehead atoms. The van der Waals surface area contributed by atoms with Crippen molar-refractivity contribution in [3.05, 3.63) is 34.9 Å². The number of rotatable bonds is 2. The molecule has 0 heterocycles. The molecule has 13 heavy (non-hydrogen) atoms. The van der Waals surface area contributed by atoms with Gasteiger partial charge in [-0.15, -0.1) is 0 Å². The van der Waals surface area contributed by atoms with Crippen molar-refractivity contribution in [3.63, 3.8) is 0 Å². The molecule has 0 spiro atoms. The van der Waals surface area contributed by atoms with Gasteiger partial charge in [0.15, 0.2) is 0 Å². The molecule has 1 aromatic rings. The van der Waals surface area contributed by atoms with E-state index in [0.717, 1.165) is 12.0 Å². The summed E-state index contributed by atoms with van der Waals surface area (Å²) < 4.78 is 0. The summed E-state index contributed by atoms with van der Waals surface area (Å²) in [6.45, 7) is 0. The van der Waals surface area contributed by atoms with Crippen molar-refractivity contribution in [1.82, 2.24) is 0 Å². The highest BCUT2D eigenvalue weighted by atomic mass is 35.5. The number of carboxylic acids is 1. The fourth-order valence-corrected chi connectivity index (χ4v) is 1.67. The minimum Gasteiger partial charge on any atom is -0.481 e. The molecule has 3 heteroatoms. The molecule has 2 nitrogen and oxygen atoms in total. The topological polar surface area (TPSA) is 37.3 Å². The molecule has 1 aromatic carbocycles. The van der Waals surface area contributed by atoms with E-state index >= 15 is 0 Å². The van der Waals surface area contributed by atoms with Gasteiger partial charge in [-0.3, -0.25) is 4.79 Å². The van der Waals surface area contributed by atoms with Crippen LogP contribution in [0.3, 0.4) is 0 Å². The Kier molecular flexibility index (Phi) is 2.00. The Morgan fingerprint density at radius 3 is 2.46 bits per heavy atom. The second-order valence-corrected chi connectivity index (χ2v) is 3.77. The van der Waals surface area contributed by atoms with Crippen LogP contribution >= 0.6 is 11.6 Å². The van der Waals surface area contributed by atoms with Crippen LogP contribution in [0.5, 0.6) is 0 Å². The van der Waals surface area contributed by atoms with Crippen molar-refractivity contribution >= 4 is 17.6 Å². The summed E-state index contributed by atoms with van der Waals surface area (Å²) in [5.74, 6) is -0.670. The minimum atomic E-state index is -0.694. The first kappa shape index (κ1) is 8.57. The van der Waals surface area contributed by atoms with Crippen LogP contribution in [0.1, 0.15) is 17.9 Å². The lowest BCUT2D eigenvalue weighted by Gasteiger charge is -1.97.